The van der Waals surface area contributed by atoms with E-state index in [9.17, 15) is 9.18 Å². The highest BCUT2D eigenvalue weighted by atomic mass is 35.5. The molecule has 0 aliphatic heterocycles. The first kappa shape index (κ1) is 24.1. The molecule has 0 saturated heterocycles. The molecule has 0 unspecified atom stereocenters. The van der Waals surface area contributed by atoms with E-state index in [1.807, 2.05) is 18.2 Å². The molecule has 0 atom stereocenters. The van der Waals surface area contributed by atoms with E-state index in [2.05, 4.69) is 25.7 Å². The SMILES string of the molecule is O=C(c1cc(Cl)cc(OCCNc2ccccn2)c1)N(CCCn1ncnn1)c1ccccc1F. The van der Waals surface area contributed by atoms with Gasteiger partial charge in [-0.3, -0.25) is 4.79 Å². The van der Waals surface area contributed by atoms with Crippen LogP contribution in [0.1, 0.15) is 16.8 Å². The van der Waals surface area contributed by atoms with Gasteiger partial charge in [-0.25, -0.2) is 9.37 Å². The number of nitrogens with zero attached hydrogens (tertiary/aromatic N) is 6. The van der Waals surface area contributed by atoms with Crippen molar-refractivity contribution in [2.75, 3.05) is 29.9 Å². The summed E-state index contributed by atoms with van der Waals surface area (Å²) in [6.45, 7) is 1.49. The Kier molecular flexibility index (Phi) is 8.18. The number of aromatic nitrogens is 5. The number of hydrogen-bond acceptors (Lipinski definition) is 7. The van der Waals surface area contributed by atoms with E-state index in [1.165, 1.54) is 28.2 Å². The number of carbonyl (C=O) groups is 1. The van der Waals surface area contributed by atoms with E-state index in [0.717, 1.165) is 5.82 Å². The summed E-state index contributed by atoms with van der Waals surface area (Å²) in [7, 11) is 0. The van der Waals surface area contributed by atoms with Gasteiger partial charge in [0.2, 0.25) is 0 Å². The molecule has 0 aliphatic rings. The molecule has 1 N–H and O–H groups in total. The fourth-order valence-corrected chi connectivity index (χ4v) is 3.63. The van der Waals surface area contributed by atoms with Crippen molar-refractivity contribution in [1.82, 2.24) is 25.2 Å². The van der Waals surface area contributed by atoms with Crippen LogP contribution in [0.15, 0.2) is 73.2 Å². The standard InChI is InChI=1S/C24H23ClFN7O2/c25-19-14-18(15-20(16-19)35-13-10-28-23-8-3-4-9-27-23)24(34)32(22-7-2-1-6-21(22)26)11-5-12-33-30-17-29-31-33/h1-4,6-9,14-17H,5,10-13H2,(H,27,28). The minimum atomic E-state index is -0.501. The first-order valence-corrected chi connectivity index (χ1v) is 11.3. The molecule has 0 spiro atoms. The maximum absolute atomic E-state index is 14.6. The van der Waals surface area contributed by atoms with Gasteiger partial charge < -0.3 is 15.0 Å². The lowest BCUT2D eigenvalue weighted by molar-refractivity contribution is 0.0984. The van der Waals surface area contributed by atoms with E-state index in [0.29, 0.717) is 36.9 Å². The molecule has 11 heteroatoms. The second-order valence-electron chi connectivity index (χ2n) is 7.46. The molecule has 2 aromatic heterocycles. The van der Waals surface area contributed by atoms with Crippen molar-refractivity contribution in [2.45, 2.75) is 13.0 Å². The van der Waals surface area contributed by atoms with Crippen molar-refractivity contribution >= 4 is 29.0 Å². The average molecular weight is 496 g/mol. The highest BCUT2D eigenvalue weighted by Crippen LogP contribution is 2.26. The molecule has 2 aromatic carbocycles. The molecule has 2 heterocycles. The summed E-state index contributed by atoms with van der Waals surface area (Å²) >= 11 is 6.28. The Morgan fingerprint density at radius 3 is 2.77 bits per heavy atom. The van der Waals surface area contributed by atoms with Crippen molar-refractivity contribution in [3.8, 4) is 5.75 Å². The third-order valence-electron chi connectivity index (χ3n) is 4.98. The van der Waals surface area contributed by atoms with Crippen LogP contribution in [0.5, 0.6) is 5.75 Å². The molecule has 0 saturated carbocycles. The number of aryl methyl sites for hydroxylation is 1. The number of carbonyl (C=O) groups excluding carboxylic acids is 1. The normalized spacial score (nSPS) is 10.7. The zero-order valence-corrected chi connectivity index (χ0v) is 19.5. The predicted octanol–water partition coefficient (Wildman–Crippen LogP) is 4.09. The molecular weight excluding hydrogens is 473 g/mol. The summed E-state index contributed by atoms with van der Waals surface area (Å²) in [5.74, 6) is 0.267. The van der Waals surface area contributed by atoms with E-state index >= 15 is 0 Å². The fourth-order valence-electron chi connectivity index (χ4n) is 3.40. The van der Waals surface area contributed by atoms with Crippen LogP contribution in [-0.2, 0) is 6.54 Å². The highest BCUT2D eigenvalue weighted by molar-refractivity contribution is 6.31. The van der Waals surface area contributed by atoms with Crippen molar-refractivity contribution in [2.24, 2.45) is 0 Å². The number of benzene rings is 2. The van der Waals surface area contributed by atoms with Crippen molar-refractivity contribution < 1.29 is 13.9 Å². The quantitative estimate of drug-likeness (QED) is 0.313. The highest BCUT2D eigenvalue weighted by Gasteiger charge is 2.21. The van der Waals surface area contributed by atoms with Crippen LogP contribution in [0.2, 0.25) is 5.02 Å². The molecule has 0 bridgehead atoms. The lowest BCUT2D eigenvalue weighted by Gasteiger charge is -2.24. The van der Waals surface area contributed by atoms with Crippen LogP contribution in [0, 0.1) is 5.82 Å². The monoisotopic (exact) mass is 495 g/mol. The molecule has 0 fully saturated rings. The Balaban J connectivity index is 1.46. The maximum Gasteiger partial charge on any atom is 0.258 e. The average Bonchev–Trinajstić information content (AvgIpc) is 3.39. The number of hydrogen-bond donors (Lipinski definition) is 1. The van der Waals surface area contributed by atoms with Gasteiger partial charge >= 0.3 is 0 Å². The Morgan fingerprint density at radius 2 is 2.00 bits per heavy atom. The van der Waals surface area contributed by atoms with Crippen LogP contribution in [-0.4, -0.2) is 50.8 Å². The minimum Gasteiger partial charge on any atom is -0.492 e. The third-order valence-corrected chi connectivity index (χ3v) is 5.20. The summed E-state index contributed by atoms with van der Waals surface area (Å²) in [5.41, 5.74) is 0.457. The van der Waals surface area contributed by atoms with Crippen molar-refractivity contribution in [3.63, 3.8) is 0 Å². The van der Waals surface area contributed by atoms with Crippen LogP contribution in [0.4, 0.5) is 15.9 Å². The van der Waals surface area contributed by atoms with Crippen molar-refractivity contribution in [1.29, 1.82) is 0 Å². The second kappa shape index (κ2) is 11.9. The minimum absolute atomic E-state index is 0.172. The fraction of sp³-hybridized carbons (Fsp3) is 0.208. The summed E-state index contributed by atoms with van der Waals surface area (Å²) in [4.78, 5) is 20.5. The van der Waals surface area contributed by atoms with Gasteiger partial charge in [0.15, 0.2) is 6.33 Å². The number of amides is 1. The summed E-state index contributed by atoms with van der Waals surface area (Å²) in [6, 6.07) is 16.5. The lowest BCUT2D eigenvalue weighted by Crippen LogP contribution is -2.33. The second-order valence-corrected chi connectivity index (χ2v) is 7.90. The summed E-state index contributed by atoms with van der Waals surface area (Å²) < 4.78 is 20.4. The van der Waals surface area contributed by atoms with Crippen LogP contribution in [0.3, 0.4) is 0 Å². The Hall–Kier alpha value is -4.05. The number of pyridine rings is 1. The van der Waals surface area contributed by atoms with Gasteiger partial charge in [-0.1, -0.05) is 29.8 Å². The largest absolute Gasteiger partial charge is 0.492 e. The molecule has 9 nitrogen and oxygen atoms in total. The van der Waals surface area contributed by atoms with Gasteiger partial charge in [-0.05, 0) is 54.1 Å². The smallest absolute Gasteiger partial charge is 0.258 e. The lowest BCUT2D eigenvalue weighted by atomic mass is 10.1. The van der Waals surface area contributed by atoms with Gasteiger partial charge in [-0.15, -0.1) is 10.2 Å². The predicted molar refractivity (Wildman–Crippen MR) is 130 cm³/mol. The molecule has 4 aromatic rings. The van der Waals surface area contributed by atoms with Gasteiger partial charge in [0.25, 0.3) is 5.91 Å². The van der Waals surface area contributed by atoms with Gasteiger partial charge in [-0.2, -0.15) is 4.80 Å². The molecule has 0 radical (unpaired) electrons. The number of para-hydroxylation sites is 1. The van der Waals surface area contributed by atoms with E-state index in [1.54, 1.807) is 36.5 Å². The number of anilines is 2. The molecule has 35 heavy (non-hydrogen) atoms. The third kappa shape index (κ3) is 6.73. The Morgan fingerprint density at radius 1 is 1.14 bits per heavy atom. The number of nitrogens with one attached hydrogen (secondary N) is 1. The molecule has 180 valence electrons. The van der Waals surface area contributed by atoms with Gasteiger partial charge in [0.1, 0.15) is 24.0 Å². The number of halogens is 2. The van der Waals surface area contributed by atoms with Crippen molar-refractivity contribution in [3.05, 3.63) is 89.6 Å². The molecule has 4 rings (SSSR count). The Labute approximate surface area is 206 Å². The van der Waals surface area contributed by atoms with Gasteiger partial charge in [0, 0.05) is 23.3 Å². The van der Waals surface area contributed by atoms with Crippen LogP contribution >= 0.6 is 11.6 Å². The zero-order valence-electron chi connectivity index (χ0n) is 18.7. The first-order valence-electron chi connectivity index (χ1n) is 11.0. The number of rotatable bonds is 11. The van der Waals surface area contributed by atoms with Gasteiger partial charge in [0.05, 0.1) is 18.8 Å². The summed E-state index contributed by atoms with van der Waals surface area (Å²) in [5, 5.41) is 14.9. The Bertz CT molecular complexity index is 1240. The molecule has 1 amide bonds. The van der Waals surface area contributed by atoms with E-state index < -0.39 is 11.7 Å². The summed E-state index contributed by atoms with van der Waals surface area (Å²) in [6.07, 6.45) is 3.51. The first-order chi connectivity index (χ1) is 17.1. The topological polar surface area (TPSA) is 98.1 Å². The maximum atomic E-state index is 14.6. The molecule has 0 aliphatic carbocycles. The van der Waals surface area contributed by atoms with E-state index in [4.69, 9.17) is 16.3 Å². The number of ether oxygens (including phenoxy) is 1. The number of tetrazole rings is 1. The zero-order chi connectivity index (χ0) is 24.5. The van der Waals surface area contributed by atoms with E-state index in [-0.39, 0.29) is 17.8 Å². The van der Waals surface area contributed by atoms with Crippen LogP contribution in [0.25, 0.3) is 0 Å². The van der Waals surface area contributed by atoms with Crippen LogP contribution < -0.4 is 15.0 Å². The molecular formula is C24H23ClFN7O2.